The third kappa shape index (κ3) is 5.28. The molecule has 3 rings (SSSR count). The summed E-state index contributed by atoms with van der Waals surface area (Å²) in [6.45, 7) is 0.948. The summed E-state index contributed by atoms with van der Waals surface area (Å²) in [7, 11) is 3.25. The van der Waals surface area contributed by atoms with Crippen LogP contribution in [0.2, 0.25) is 0 Å². The van der Waals surface area contributed by atoms with Crippen LogP contribution < -0.4 is 20.1 Å². The number of hydrogen-bond acceptors (Lipinski definition) is 6. The molecule has 160 valence electrons. The minimum Gasteiger partial charge on any atom is -0.497 e. The Morgan fingerprint density at radius 2 is 2.07 bits per heavy atom. The lowest BCUT2D eigenvalue weighted by Gasteiger charge is -2.22. The number of carbonyl (C=O) groups is 3. The quantitative estimate of drug-likeness (QED) is 0.724. The van der Waals surface area contributed by atoms with E-state index in [1.165, 1.54) is 22.9 Å². The van der Waals surface area contributed by atoms with Crippen LogP contribution in [0.3, 0.4) is 0 Å². The lowest BCUT2D eigenvalue weighted by Crippen LogP contribution is -2.43. The van der Waals surface area contributed by atoms with Gasteiger partial charge in [0.1, 0.15) is 18.1 Å². The normalized spacial score (nSPS) is 15.9. The molecule has 3 amide bonds. The van der Waals surface area contributed by atoms with Crippen LogP contribution in [0.5, 0.6) is 11.5 Å². The maximum atomic E-state index is 12.8. The van der Waals surface area contributed by atoms with Gasteiger partial charge in [-0.25, -0.2) is 0 Å². The van der Waals surface area contributed by atoms with Gasteiger partial charge >= 0.3 is 0 Å². The van der Waals surface area contributed by atoms with Crippen molar-refractivity contribution >= 4 is 17.7 Å². The minimum absolute atomic E-state index is 0.0912. The number of nitrogens with one attached hydrogen (secondary N) is 2. The Kier molecular flexibility index (Phi) is 6.89. The molecule has 0 atom stereocenters. The standard InChI is InChI=1S/C20H25N5O5/c1-24-12-14(11-23-24)20(28)25-8-3-6-22-19(27)16-5-4-15(29-2)10-17(16)30-9-7-21-18(26)13-25/h4-5,10-12H,3,6-9,13H2,1-2H3,(H,21,26)(H,22,27). The van der Waals surface area contributed by atoms with Crippen LogP contribution >= 0.6 is 0 Å². The van der Waals surface area contributed by atoms with E-state index in [1.54, 1.807) is 31.4 Å². The number of amides is 3. The number of methoxy groups -OCH3 is 1. The number of fused-ring (bicyclic) bond motifs is 1. The zero-order valence-electron chi connectivity index (χ0n) is 17.0. The Morgan fingerprint density at radius 1 is 1.23 bits per heavy atom. The third-order valence-electron chi connectivity index (χ3n) is 4.58. The molecule has 1 aliphatic heterocycles. The first-order valence-electron chi connectivity index (χ1n) is 9.61. The summed E-state index contributed by atoms with van der Waals surface area (Å²) in [4.78, 5) is 39.1. The maximum absolute atomic E-state index is 12.8. The van der Waals surface area contributed by atoms with Gasteiger partial charge in [0.2, 0.25) is 5.91 Å². The van der Waals surface area contributed by atoms with E-state index in [4.69, 9.17) is 9.47 Å². The first-order valence-corrected chi connectivity index (χ1v) is 9.61. The van der Waals surface area contributed by atoms with Crippen molar-refractivity contribution in [1.29, 1.82) is 0 Å². The minimum atomic E-state index is -0.289. The molecule has 1 aromatic heterocycles. The van der Waals surface area contributed by atoms with E-state index in [0.29, 0.717) is 42.1 Å². The summed E-state index contributed by atoms with van der Waals surface area (Å²) in [6, 6.07) is 4.95. The van der Waals surface area contributed by atoms with Crippen molar-refractivity contribution in [2.45, 2.75) is 6.42 Å². The maximum Gasteiger partial charge on any atom is 0.257 e. The van der Waals surface area contributed by atoms with Crippen molar-refractivity contribution in [3.8, 4) is 11.5 Å². The molecule has 0 aliphatic carbocycles. The molecule has 1 aliphatic rings. The molecule has 0 radical (unpaired) electrons. The van der Waals surface area contributed by atoms with Gasteiger partial charge in [0.25, 0.3) is 11.8 Å². The zero-order chi connectivity index (χ0) is 21.5. The molecular weight excluding hydrogens is 390 g/mol. The van der Waals surface area contributed by atoms with Gasteiger partial charge in [-0.1, -0.05) is 0 Å². The highest BCUT2D eigenvalue weighted by Gasteiger charge is 2.21. The fraction of sp³-hybridized carbons (Fsp3) is 0.400. The van der Waals surface area contributed by atoms with E-state index < -0.39 is 0 Å². The van der Waals surface area contributed by atoms with Gasteiger partial charge in [-0.05, 0) is 18.6 Å². The van der Waals surface area contributed by atoms with E-state index in [-0.39, 0.29) is 37.4 Å². The van der Waals surface area contributed by atoms with Crippen LogP contribution in [0.25, 0.3) is 0 Å². The van der Waals surface area contributed by atoms with Gasteiger partial charge in [-0.15, -0.1) is 0 Å². The van der Waals surface area contributed by atoms with Gasteiger partial charge in [-0.2, -0.15) is 5.10 Å². The lowest BCUT2D eigenvalue weighted by atomic mass is 10.1. The summed E-state index contributed by atoms with van der Waals surface area (Å²) >= 11 is 0. The van der Waals surface area contributed by atoms with Crippen molar-refractivity contribution in [3.63, 3.8) is 0 Å². The van der Waals surface area contributed by atoms with E-state index >= 15 is 0 Å². The molecule has 0 unspecified atom stereocenters. The highest BCUT2D eigenvalue weighted by Crippen LogP contribution is 2.25. The number of aromatic nitrogens is 2. The monoisotopic (exact) mass is 415 g/mol. The first kappa shape index (κ1) is 21.2. The Labute approximate surface area is 174 Å². The van der Waals surface area contributed by atoms with Crippen molar-refractivity contribution in [3.05, 3.63) is 41.7 Å². The van der Waals surface area contributed by atoms with Gasteiger partial charge in [0, 0.05) is 32.4 Å². The fourth-order valence-corrected chi connectivity index (χ4v) is 3.05. The van der Waals surface area contributed by atoms with Gasteiger partial charge < -0.3 is 25.0 Å². The van der Waals surface area contributed by atoms with Crippen LogP contribution in [0.15, 0.2) is 30.6 Å². The number of ether oxygens (including phenoxy) is 2. The van der Waals surface area contributed by atoms with E-state index in [2.05, 4.69) is 15.7 Å². The highest BCUT2D eigenvalue weighted by atomic mass is 16.5. The predicted molar refractivity (Wildman–Crippen MR) is 108 cm³/mol. The third-order valence-corrected chi connectivity index (χ3v) is 4.58. The molecule has 0 saturated heterocycles. The SMILES string of the molecule is COc1ccc2c(c1)OCCNC(=O)CN(C(=O)c1cnn(C)c1)CCCNC2=O. The van der Waals surface area contributed by atoms with Crippen molar-refractivity contribution < 1.29 is 23.9 Å². The van der Waals surface area contributed by atoms with Crippen molar-refractivity contribution in [1.82, 2.24) is 25.3 Å². The number of carbonyl (C=O) groups excluding carboxylic acids is 3. The second-order valence-electron chi connectivity index (χ2n) is 6.80. The molecule has 30 heavy (non-hydrogen) atoms. The first-order chi connectivity index (χ1) is 14.5. The van der Waals surface area contributed by atoms with Crippen LogP contribution in [-0.4, -0.2) is 72.3 Å². The molecule has 0 saturated carbocycles. The Balaban J connectivity index is 1.73. The molecule has 0 fully saturated rings. The summed E-state index contributed by atoms with van der Waals surface area (Å²) < 4.78 is 12.4. The molecule has 1 aromatic carbocycles. The number of benzene rings is 1. The number of nitrogens with zero attached hydrogens (tertiary/aromatic N) is 3. The average Bonchev–Trinajstić information content (AvgIpc) is 3.18. The smallest absolute Gasteiger partial charge is 0.257 e. The van der Waals surface area contributed by atoms with E-state index in [1.807, 2.05) is 0 Å². The summed E-state index contributed by atoms with van der Waals surface area (Å²) in [5.74, 6) is 0.0924. The summed E-state index contributed by atoms with van der Waals surface area (Å²) in [6.07, 6.45) is 3.55. The van der Waals surface area contributed by atoms with Crippen LogP contribution in [-0.2, 0) is 11.8 Å². The molecule has 0 spiro atoms. The largest absolute Gasteiger partial charge is 0.497 e. The van der Waals surface area contributed by atoms with Gasteiger partial charge in [0.15, 0.2) is 0 Å². The van der Waals surface area contributed by atoms with Gasteiger partial charge in [-0.3, -0.25) is 19.1 Å². The second kappa shape index (κ2) is 9.77. The van der Waals surface area contributed by atoms with Crippen LogP contribution in [0.4, 0.5) is 0 Å². The summed E-state index contributed by atoms with van der Waals surface area (Å²) in [5, 5.41) is 9.58. The number of aryl methyl sites for hydroxylation is 1. The number of hydrogen-bond donors (Lipinski definition) is 2. The topological polar surface area (TPSA) is 115 Å². The number of rotatable bonds is 2. The molecule has 2 aromatic rings. The van der Waals surface area contributed by atoms with Crippen molar-refractivity contribution in [2.24, 2.45) is 7.05 Å². The molecule has 10 nitrogen and oxygen atoms in total. The lowest BCUT2D eigenvalue weighted by molar-refractivity contribution is -0.121. The fourth-order valence-electron chi connectivity index (χ4n) is 3.05. The Hall–Kier alpha value is -3.56. The van der Waals surface area contributed by atoms with Crippen molar-refractivity contribution in [2.75, 3.05) is 39.9 Å². The molecule has 2 heterocycles. The van der Waals surface area contributed by atoms with E-state index in [9.17, 15) is 14.4 Å². The highest BCUT2D eigenvalue weighted by molar-refractivity contribution is 5.97. The second-order valence-corrected chi connectivity index (χ2v) is 6.80. The van der Waals surface area contributed by atoms with Crippen LogP contribution in [0, 0.1) is 0 Å². The van der Waals surface area contributed by atoms with Crippen LogP contribution in [0.1, 0.15) is 27.1 Å². The molecule has 0 bridgehead atoms. The zero-order valence-corrected chi connectivity index (χ0v) is 17.0. The Morgan fingerprint density at radius 3 is 2.80 bits per heavy atom. The van der Waals surface area contributed by atoms with Gasteiger partial charge in [0.05, 0.1) is 37.5 Å². The molecular formula is C20H25N5O5. The molecule has 10 heteroatoms. The van der Waals surface area contributed by atoms with E-state index in [0.717, 1.165) is 0 Å². The Bertz CT molecular complexity index is 926. The molecule has 2 N–H and O–H groups in total. The average molecular weight is 415 g/mol. The predicted octanol–water partition coefficient (Wildman–Crippen LogP) is 0.200. The summed E-state index contributed by atoms with van der Waals surface area (Å²) in [5.41, 5.74) is 0.782.